The highest BCUT2D eigenvalue weighted by molar-refractivity contribution is 5.37. The van der Waals surface area contributed by atoms with Gasteiger partial charge in [0, 0.05) is 6.61 Å². The van der Waals surface area contributed by atoms with E-state index in [1.807, 2.05) is 6.07 Å². The molecule has 3 N–H and O–H groups in total. The molecule has 3 heteroatoms. The van der Waals surface area contributed by atoms with Gasteiger partial charge in [0.25, 0.3) is 0 Å². The van der Waals surface area contributed by atoms with Crippen molar-refractivity contribution in [1.82, 2.24) is 0 Å². The molecule has 1 aromatic rings. The van der Waals surface area contributed by atoms with Crippen LogP contribution in [0.5, 0.6) is 5.75 Å². The summed E-state index contributed by atoms with van der Waals surface area (Å²) in [6.45, 7) is 7.74. The van der Waals surface area contributed by atoms with Gasteiger partial charge >= 0.3 is 0 Å². The molecule has 108 valence electrons. The minimum atomic E-state index is 0.147. The highest BCUT2D eigenvalue weighted by atomic mass is 16.5. The van der Waals surface area contributed by atoms with Crippen LogP contribution < -0.4 is 10.5 Å². The smallest absolute Gasteiger partial charge is 0.122 e. The first-order valence-electron chi connectivity index (χ1n) is 7.15. The summed E-state index contributed by atoms with van der Waals surface area (Å²) >= 11 is 0. The SMILES string of the molecule is CCCOc1ccc(C)cc1CC(C)C(CN)CO. The van der Waals surface area contributed by atoms with Gasteiger partial charge in [-0.15, -0.1) is 0 Å². The van der Waals surface area contributed by atoms with Crippen LogP contribution in [0.25, 0.3) is 0 Å². The summed E-state index contributed by atoms with van der Waals surface area (Å²) in [5, 5.41) is 9.33. The van der Waals surface area contributed by atoms with Gasteiger partial charge in [-0.2, -0.15) is 0 Å². The van der Waals surface area contributed by atoms with Crippen molar-refractivity contribution >= 4 is 0 Å². The Morgan fingerprint density at radius 2 is 2.11 bits per heavy atom. The van der Waals surface area contributed by atoms with E-state index in [2.05, 4.69) is 32.9 Å². The van der Waals surface area contributed by atoms with Gasteiger partial charge in [0.2, 0.25) is 0 Å². The molecule has 0 aliphatic heterocycles. The van der Waals surface area contributed by atoms with E-state index < -0.39 is 0 Å². The first-order valence-corrected chi connectivity index (χ1v) is 7.15. The first-order chi connectivity index (χ1) is 9.12. The van der Waals surface area contributed by atoms with Crippen LogP contribution in [-0.4, -0.2) is 24.9 Å². The van der Waals surface area contributed by atoms with Gasteiger partial charge in [0.15, 0.2) is 0 Å². The summed E-state index contributed by atoms with van der Waals surface area (Å²) in [6, 6.07) is 6.29. The second-order valence-corrected chi connectivity index (χ2v) is 5.32. The van der Waals surface area contributed by atoms with Crippen molar-refractivity contribution in [2.75, 3.05) is 19.8 Å². The zero-order valence-electron chi connectivity index (χ0n) is 12.4. The van der Waals surface area contributed by atoms with Gasteiger partial charge in [0.05, 0.1) is 6.61 Å². The lowest BCUT2D eigenvalue weighted by atomic mass is 9.88. The van der Waals surface area contributed by atoms with E-state index in [0.29, 0.717) is 12.5 Å². The highest BCUT2D eigenvalue weighted by Gasteiger charge is 2.17. The predicted octanol–water partition coefficient (Wildman–Crippen LogP) is 2.53. The maximum atomic E-state index is 9.33. The Labute approximate surface area is 116 Å². The van der Waals surface area contributed by atoms with Gasteiger partial charge < -0.3 is 15.6 Å². The van der Waals surface area contributed by atoms with Crippen molar-refractivity contribution in [3.05, 3.63) is 29.3 Å². The summed E-state index contributed by atoms with van der Waals surface area (Å²) in [7, 11) is 0. The minimum absolute atomic E-state index is 0.147. The Morgan fingerprint density at radius 3 is 2.68 bits per heavy atom. The number of hydrogen-bond donors (Lipinski definition) is 2. The molecule has 2 atom stereocenters. The van der Waals surface area contributed by atoms with Crippen molar-refractivity contribution in [2.45, 2.75) is 33.6 Å². The topological polar surface area (TPSA) is 55.5 Å². The third-order valence-corrected chi connectivity index (χ3v) is 3.56. The second-order valence-electron chi connectivity index (χ2n) is 5.32. The fraction of sp³-hybridized carbons (Fsp3) is 0.625. The molecule has 19 heavy (non-hydrogen) atoms. The standard InChI is InChI=1S/C16H27NO2/c1-4-7-19-16-6-5-12(2)8-14(16)9-13(3)15(10-17)11-18/h5-6,8,13,15,18H,4,7,9-11,17H2,1-3H3. The Balaban J connectivity index is 2.82. The average molecular weight is 265 g/mol. The molecule has 0 radical (unpaired) electrons. The van der Waals surface area contributed by atoms with Crippen LogP contribution in [0.4, 0.5) is 0 Å². The Hall–Kier alpha value is -1.06. The Morgan fingerprint density at radius 1 is 1.37 bits per heavy atom. The average Bonchev–Trinajstić information content (AvgIpc) is 2.39. The number of rotatable bonds is 8. The van der Waals surface area contributed by atoms with E-state index >= 15 is 0 Å². The molecule has 0 aliphatic carbocycles. The molecule has 0 amide bonds. The predicted molar refractivity (Wildman–Crippen MR) is 79.5 cm³/mol. The van der Waals surface area contributed by atoms with Crippen LogP contribution in [0.2, 0.25) is 0 Å². The lowest BCUT2D eigenvalue weighted by molar-refractivity contribution is 0.186. The molecule has 0 heterocycles. The number of benzene rings is 1. The summed E-state index contributed by atoms with van der Waals surface area (Å²) in [6.07, 6.45) is 1.90. The number of hydrogen-bond acceptors (Lipinski definition) is 3. The minimum Gasteiger partial charge on any atom is -0.493 e. The van der Waals surface area contributed by atoms with Gasteiger partial charge in [-0.25, -0.2) is 0 Å². The van der Waals surface area contributed by atoms with Crippen LogP contribution in [0.3, 0.4) is 0 Å². The largest absolute Gasteiger partial charge is 0.493 e. The number of aliphatic hydroxyl groups is 1. The number of ether oxygens (including phenoxy) is 1. The van der Waals surface area contributed by atoms with E-state index in [4.69, 9.17) is 10.5 Å². The maximum Gasteiger partial charge on any atom is 0.122 e. The third-order valence-electron chi connectivity index (χ3n) is 3.56. The molecule has 0 saturated carbocycles. The zero-order valence-corrected chi connectivity index (χ0v) is 12.4. The molecule has 0 spiro atoms. The van der Waals surface area contributed by atoms with Crippen molar-refractivity contribution in [3.8, 4) is 5.75 Å². The van der Waals surface area contributed by atoms with Gasteiger partial charge in [-0.3, -0.25) is 0 Å². The number of nitrogens with two attached hydrogens (primary N) is 1. The lowest BCUT2D eigenvalue weighted by Gasteiger charge is -2.22. The molecule has 1 rings (SSSR count). The number of aryl methyl sites for hydroxylation is 1. The zero-order chi connectivity index (χ0) is 14.3. The normalized spacial score (nSPS) is 14.2. The van der Waals surface area contributed by atoms with E-state index in [0.717, 1.165) is 25.2 Å². The molecule has 0 fully saturated rings. The number of aliphatic hydroxyl groups excluding tert-OH is 1. The van der Waals surface area contributed by atoms with Crippen LogP contribution in [-0.2, 0) is 6.42 Å². The fourth-order valence-electron chi connectivity index (χ4n) is 2.22. The first kappa shape index (κ1) is 16.0. The molecular weight excluding hydrogens is 238 g/mol. The van der Waals surface area contributed by atoms with E-state index in [1.54, 1.807) is 0 Å². The summed E-state index contributed by atoms with van der Waals surface area (Å²) < 4.78 is 5.80. The Bertz CT molecular complexity index is 375. The quantitative estimate of drug-likeness (QED) is 0.759. The summed E-state index contributed by atoms with van der Waals surface area (Å²) in [5.74, 6) is 1.47. The van der Waals surface area contributed by atoms with Crippen molar-refractivity contribution in [2.24, 2.45) is 17.6 Å². The lowest BCUT2D eigenvalue weighted by Crippen LogP contribution is -2.26. The van der Waals surface area contributed by atoms with E-state index in [-0.39, 0.29) is 12.5 Å². The molecule has 0 saturated heterocycles. The van der Waals surface area contributed by atoms with Crippen molar-refractivity contribution in [3.63, 3.8) is 0 Å². The molecular formula is C16H27NO2. The Kier molecular flexibility index (Phi) is 6.89. The maximum absolute atomic E-state index is 9.33. The van der Waals surface area contributed by atoms with Crippen LogP contribution in [0.1, 0.15) is 31.4 Å². The van der Waals surface area contributed by atoms with Gasteiger partial charge in [-0.05, 0) is 49.8 Å². The summed E-state index contributed by atoms with van der Waals surface area (Å²) in [4.78, 5) is 0. The van der Waals surface area contributed by atoms with Crippen molar-refractivity contribution in [1.29, 1.82) is 0 Å². The molecule has 0 aliphatic rings. The van der Waals surface area contributed by atoms with E-state index in [1.165, 1.54) is 11.1 Å². The highest BCUT2D eigenvalue weighted by Crippen LogP contribution is 2.25. The summed E-state index contributed by atoms with van der Waals surface area (Å²) in [5.41, 5.74) is 8.15. The molecule has 0 aromatic heterocycles. The fourth-order valence-corrected chi connectivity index (χ4v) is 2.22. The molecule has 3 nitrogen and oxygen atoms in total. The molecule has 1 aromatic carbocycles. The third kappa shape index (κ3) is 4.84. The molecule has 2 unspecified atom stereocenters. The monoisotopic (exact) mass is 265 g/mol. The van der Waals surface area contributed by atoms with Crippen LogP contribution in [0.15, 0.2) is 18.2 Å². The van der Waals surface area contributed by atoms with Crippen LogP contribution >= 0.6 is 0 Å². The van der Waals surface area contributed by atoms with Crippen LogP contribution in [0, 0.1) is 18.8 Å². The van der Waals surface area contributed by atoms with Gasteiger partial charge in [0.1, 0.15) is 5.75 Å². The van der Waals surface area contributed by atoms with Gasteiger partial charge in [-0.1, -0.05) is 31.5 Å². The second kappa shape index (κ2) is 8.18. The van der Waals surface area contributed by atoms with Crippen molar-refractivity contribution < 1.29 is 9.84 Å². The molecule has 0 bridgehead atoms. The van der Waals surface area contributed by atoms with E-state index in [9.17, 15) is 5.11 Å².